The third-order valence-electron chi connectivity index (χ3n) is 5.00. The number of aliphatic hydroxyl groups excluding tert-OH is 1. The number of hydrogen-bond donors (Lipinski definition) is 1. The molecule has 1 aliphatic rings. The van der Waals surface area contributed by atoms with Gasteiger partial charge in [0.1, 0.15) is 0 Å². The summed E-state index contributed by atoms with van der Waals surface area (Å²) < 4.78 is 0. The largest absolute Gasteiger partial charge is 0.393 e. The molecule has 2 aromatic heterocycles. The van der Waals surface area contributed by atoms with Crippen LogP contribution < -0.4 is 0 Å². The van der Waals surface area contributed by atoms with Gasteiger partial charge >= 0.3 is 0 Å². The Hall–Kier alpha value is -2.30. The second-order valence-electron chi connectivity index (χ2n) is 6.93. The summed E-state index contributed by atoms with van der Waals surface area (Å²) in [5, 5.41) is 10.7. The first-order valence-corrected chi connectivity index (χ1v) is 8.90. The maximum atomic E-state index is 9.62. The average Bonchev–Trinajstić information content (AvgIpc) is 2.64. The summed E-state index contributed by atoms with van der Waals surface area (Å²) in [6, 6.07) is 12.8. The molecule has 0 spiro atoms. The molecule has 1 aliphatic heterocycles. The normalized spacial score (nSPS) is 16.4. The van der Waals surface area contributed by atoms with E-state index < -0.39 is 0 Å². The monoisotopic (exact) mass is 333 g/mol. The van der Waals surface area contributed by atoms with Gasteiger partial charge in [0, 0.05) is 43.0 Å². The van der Waals surface area contributed by atoms with Crippen molar-refractivity contribution in [1.29, 1.82) is 0 Å². The van der Waals surface area contributed by atoms with Gasteiger partial charge in [-0.15, -0.1) is 0 Å². The fraction of sp³-hybridized carbons (Fsp3) is 0.333. The van der Waals surface area contributed by atoms with Crippen molar-refractivity contribution in [2.45, 2.75) is 32.4 Å². The van der Waals surface area contributed by atoms with E-state index in [1.54, 1.807) is 6.20 Å². The van der Waals surface area contributed by atoms with Gasteiger partial charge in [0.15, 0.2) is 0 Å². The van der Waals surface area contributed by atoms with Gasteiger partial charge in [-0.25, -0.2) is 4.98 Å². The smallest absolute Gasteiger partial charge is 0.0740 e. The van der Waals surface area contributed by atoms with Crippen molar-refractivity contribution >= 4 is 10.9 Å². The van der Waals surface area contributed by atoms with E-state index in [1.807, 2.05) is 12.3 Å². The molecule has 4 heteroatoms. The summed E-state index contributed by atoms with van der Waals surface area (Å²) in [7, 11) is 0. The van der Waals surface area contributed by atoms with E-state index in [0.29, 0.717) is 0 Å². The summed E-state index contributed by atoms with van der Waals surface area (Å²) in [5.74, 6) is 0. The number of nitrogens with zero attached hydrogens (tertiary/aromatic N) is 3. The maximum absolute atomic E-state index is 9.62. The molecule has 0 unspecified atom stereocenters. The zero-order chi connectivity index (χ0) is 17.2. The number of hydrogen-bond acceptors (Lipinski definition) is 4. The van der Waals surface area contributed by atoms with Crippen LogP contribution >= 0.6 is 0 Å². The Bertz CT molecular complexity index is 868. The summed E-state index contributed by atoms with van der Waals surface area (Å²) in [5.41, 5.74) is 5.63. The van der Waals surface area contributed by atoms with Crippen molar-refractivity contribution in [3.8, 4) is 11.3 Å². The van der Waals surface area contributed by atoms with Crippen molar-refractivity contribution in [2.24, 2.45) is 0 Å². The van der Waals surface area contributed by atoms with Gasteiger partial charge in [0.25, 0.3) is 0 Å². The summed E-state index contributed by atoms with van der Waals surface area (Å²) >= 11 is 0. The van der Waals surface area contributed by atoms with Gasteiger partial charge in [0.05, 0.1) is 17.3 Å². The Morgan fingerprint density at radius 1 is 1.12 bits per heavy atom. The first-order valence-electron chi connectivity index (χ1n) is 8.90. The zero-order valence-corrected chi connectivity index (χ0v) is 14.5. The number of fused-ring (bicyclic) bond motifs is 1. The van der Waals surface area contributed by atoms with Crippen LogP contribution in [0.15, 0.2) is 48.8 Å². The first-order chi connectivity index (χ1) is 12.2. The molecule has 1 saturated heterocycles. The quantitative estimate of drug-likeness (QED) is 0.796. The topological polar surface area (TPSA) is 49.2 Å². The summed E-state index contributed by atoms with van der Waals surface area (Å²) in [6.45, 7) is 5.00. The minimum Gasteiger partial charge on any atom is -0.393 e. The van der Waals surface area contributed by atoms with E-state index in [4.69, 9.17) is 4.98 Å². The van der Waals surface area contributed by atoms with Gasteiger partial charge < -0.3 is 5.11 Å². The van der Waals surface area contributed by atoms with Gasteiger partial charge in [-0.2, -0.15) is 0 Å². The predicted octanol–water partition coefficient (Wildman–Crippen LogP) is 3.56. The SMILES string of the molecule is Cc1cc2cnccc2nc1-c1ccc(CN2CCC(O)CC2)cc1. The Morgan fingerprint density at radius 2 is 1.88 bits per heavy atom. The maximum Gasteiger partial charge on any atom is 0.0740 e. The zero-order valence-electron chi connectivity index (χ0n) is 14.5. The minimum atomic E-state index is -0.115. The number of aliphatic hydroxyl groups is 1. The van der Waals surface area contributed by atoms with Crippen LogP contribution in [0, 0.1) is 6.92 Å². The van der Waals surface area contributed by atoms with Crippen molar-refractivity contribution < 1.29 is 5.11 Å². The molecular weight excluding hydrogens is 310 g/mol. The molecule has 1 aromatic carbocycles. The third-order valence-corrected chi connectivity index (χ3v) is 5.00. The number of aryl methyl sites for hydroxylation is 1. The summed E-state index contributed by atoms with van der Waals surface area (Å²) in [4.78, 5) is 11.4. The van der Waals surface area contributed by atoms with E-state index in [0.717, 1.165) is 54.6 Å². The fourth-order valence-electron chi connectivity index (χ4n) is 3.52. The predicted molar refractivity (Wildman–Crippen MR) is 100 cm³/mol. The highest BCUT2D eigenvalue weighted by Crippen LogP contribution is 2.25. The van der Waals surface area contributed by atoms with Crippen LogP contribution in [0.1, 0.15) is 24.0 Å². The molecule has 0 bridgehead atoms. The van der Waals surface area contributed by atoms with Crippen molar-refractivity contribution in [3.63, 3.8) is 0 Å². The lowest BCUT2D eigenvalue weighted by atomic mass is 10.0. The minimum absolute atomic E-state index is 0.115. The number of likely N-dealkylation sites (tertiary alicyclic amines) is 1. The highest BCUT2D eigenvalue weighted by Gasteiger charge is 2.16. The standard InChI is InChI=1S/C21H23N3O/c1-15-12-18-13-22-9-6-20(18)23-21(15)17-4-2-16(3-5-17)14-24-10-7-19(25)8-11-24/h2-6,9,12-13,19,25H,7-8,10-11,14H2,1H3. The Labute approximate surface area is 148 Å². The molecular formula is C21H23N3O. The van der Waals surface area contributed by atoms with Crippen LogP contribution in [0.5, 0.6) is 0 Å². The molecule has 3 heterocycles. The van der Waals surface area contributed by atoms with Gasteiger partial charge in [-0.1, -0.05) is 24.3 Å². The highest BCUT2D eigenvalue weighted by molar-refractivity contribution is 5.82. The Kier molecular flexibility index (Phi) is 4.47. The van der Waals surface area contributed by atoms with E-state index in [9.17, 15) is 5.11 Å². The number of piperidine rings is 1. The van der Waals surface area contributed by atoms with Crippen LogP contribution in [0.4, 0.5) is 0 Å². The number of benzene rings is 1. The molecule has 0 atom stereocenters. The van der Waals surface area contributed by atoms with Crippen LogP contribution in [0.2, 0.25) is 0 Å². The molecule has 128 valence electrons. The van der Waals surface area contributed by atoms with Crippen LogP contribution in [0.25, 0.3) is 22.2 Å². The highest BCUT2D eigenvalue weighted by atomic mass is 16.3. The molecule has 4 nitrogen and oxygen atoms in total. The van der Waals surface area contributed by atoms with Gasteiger partial charge in [-0.05, 0) is 43.0 Å². The molecule has 1 fully saturated rings. The molecule has 0 aliphatic carbocycles. The lowest BCUT2D eigenvalue weighted by Crippen LogP contribution is -2.35. The first kappa shape index (κ1) is 16.2. The van der Waals surface area contributed by atoms with Crippen LogP contribution in [-0.2, 0) is 6.54 Å². The number of aromatic nitrogens is 2. The van der Waals surface area contributed by atoms with Crippen LogP contribution in [0.3, 0.4) is 0 Å². The average molecular weight is 333 g/mol. The Morgan fingerprint density at radius 3 is 2.64 bits per heavy atom. The second-order valence-corrected chi connectivity index (χ2v) is 6.93. The third kappa shape index (κ3) is 3.55. The molecule has 4 rings (SSSR count). The van der Waals surface area contributed by atoms with E-state index in [1.165, 1.54) is 11.1 Å². The number of pyridine rings is 2. The second kappa shape index (κ2) is 6.90. The molecule has 0 radical (unpaired) electrons. The fourth-order valence-corrected chi connectivity index (χ4v) is 3.52. The molecule has 3 aromatic rings. The lowest BCUT2D eigenvalue weighted by molar-refractivity contribution is 0.0792. The molecule has 0 amide bonds. The lowest BCUT2D eigenvalue weighted by Gasteiger charge is -2.29. The summed E-state index contributed by atoms with van der Waals surface area (Å²) in [6.07, 6.45) is 5.29. The van der Waals surface area contributed by atoms with Crippen LogP contribution in [-0.4, -0.2) is 39.2 Å². The van der Waals surface area contributed by atoms with Gasteiger partial charge in [-0.3, -0.25) is 9.88 Å². The van der Waals surface area contributed by atoms with Crippen molar-refractivity contribution in [1.82, 2.24) is 14.9 Å². The Balaban J connectivity index is 1.55. The molecule has 0 saturated carbocycles. The van der Waals surface area contributed by atoms with E-state index in [2.05, 4.69) is 47.1 Å². The van der Waals surface area contributed by atoms with E-state index in [-0.39, 0.29) is 6.10 Å². The van der Waals surface area contributed by atoms with Crippen molar-refractivity contribution in [2.75, 3.05) is 13.1 Å². The molecule has 25 heavy (non-hydrogen) atoms. The van der Waals surface area contributed by atoms with E-state index >= 15 is 0 Å². The van der Waals surface area contributed by atoms with Crippen molar-refractivity contribution in [3.05, 3.63) is 59.9 Å². The number of rotatable bonds is 3. The molecule has 1 N–H and O–H groups in total. The van der Waals surface area contributed by atoms with Gasteiger partial charge in [0.2, 0.25) is 0 Å².